The molecule has 1 aromatic carbocycles. The van der Waals surface area contributed by atoms with Gasteiger partial charge in [0, 0.05) is 0 Å². The van der Waals surface area contributed by atoms with Crippen molar-refractivity contribution in [2.24, 2.45) is 0 Å². The number of carbonyl (C=O) groups excluding carboxylic acids is 1. The molecule has 1 unspecified atom stereocenters. The number of hydrogen-bond acceptors (Lipinski definition) is 3. The van der Waals surface area contributed by atoms with E-state index in [0.717, 1.165) is 24.0 Å². The molecular formula is C11H12O3. The fourth-order valence-corrected chi connectivity index (χ4v) is 1.84. The Balaban J connectivity index is 2.37. The molecular weight excluding hydrogens is 180 g/mol. The molecule has 0 amide bonds. The minimum atomic E-state index is -0.364. The molecule has 0 saturated heterocycles. The number of methoxy groups -OCH3 is 1. The first-order valence-corrected chi connectivity index (χ1v) is 4.61. The highest BCUT2D eigenvalue weighted by Gasteiger charge is 2.21. The zero-order chi connectivity index (χ0) is 10.1. The van der Waals surface area contributed by atoms with E-state index in [1.165, 1.54) is 7.11 Å². The third-order valence-electron chi connectivity index (χ3n) is 2.61. The van der Waals surface area contributed by atoms with Gasteiger partial charge in [0.2, 0.25) is 0 Å². The lowest BCUT2D eigenvalue weighted by atomic mass is 10.1. The Labute approximate surface area is 82.3 Å². The Hall–Kier alpha value is -1.35. The maximum Gasteiger partial charge on any atom is 0.337 e. The van der Waals surface area contributed by atoms with Crippen LogP contribution in [0.15, 0.2) is 18.2 Å². The molecule has 3 nitrogen and oxygen atoms in total. The van der Waals surface area contributed by atoms with E-state index in [-0.39, 0.29) is 12.1 Å². The van der Waals surface area contributed by atoms with Crippen LogP contribution in [0.2, 0.25) is 0 Å². The maximum atomic E-state index is 11.2. The summed E-state index contributed by atoms with van der Waals surface area (Å²) in [6.45, 7) is 0. The van der Waals surface area contributed by atoms with Crippen LogP contribution in [0, 0.1) is 0 Å². The molecule has 2 rings (SSSR count). The van der Waals surface area contributed by atoms with Gasteiger partial charge in [-0.15, -0.1) is 0 Å². The highest BCUT2D eigenvalue weighted by Crippen LogP contribution is 2.31. The molecule has 1 aliphatic carbocycles. The van der Waals surface area contributed by atoms with Crippen LogP contribution in [0.1, 0.15) is 34.0 Å². The first-order chi connectivity index (χ1) is 6.72. The summed E-state index contributed by atoms with van der Waals surface area (Å²) in [6, 6.07) is 5.30. The van der Waals surface area contributed by atoms with Gasteiger partial charge in [0.25, 0.3) is 0 Å². The Morgan fingerprint density at radius 1 is 1.57 bits per heavy atom. The first-order valence-electron chi connectivity index (χ1n) is 4.61. The van der Waals surface area contributed by atoms with E-state index in [2.05, 4.69) is 4.74 Å². The van der Waals surface area contributed by atoms with E-state index in [1.807, 2.05) is 0 Å². The van der Waals surface area contributed by atoms with Crippen LogP contribution in [0.4, 0.5) is 0 Å². The number of aryl methyl sites for hydroxylation is 1. The van der Waals surface area contributed by atoms with E-state index in [1.54, 1.807) is 18.2 Å². The van der Waals surface area contributed by atoms with Crippen LogP contribution >= 0.6 is 0 Å². The molecule has 1 atom stereocenters. The molecule has 0 aliphatic heterocycles. The monoisotopic (exact) mass is 192 g/mol. The molecule has 74 valence electrons. The number of aliphatic hydroxyl groups excluding tert-OH is 1. The largest absolute Gasteiger partial charge is 0.465 e. The lowest BCUT2D eigenvalue weighted by Crippen LogP contribution is -2.02. The molecule has 1 N–H and O–H groups in total. The Kier molecular flexibility index (Phi) is 2.25. The molecule has 3 heteroatoms. The second-order valence-corrected chi connectivity index (χ2v) is 3.46. The standard InChI is InChI=1S/C11H12O3/c1-14-11(13)8-2-4-9-7(6-8)3-5-10(9)12/h2,4,6,10,12H,3,5H2,1H3. The maximum absolute atomic E-state index is 11.2. The molecule has 0 spiro atoms. The van der Waals surface area contributed by atoms with Crippen molar-refractivity contribution < 1.29 is 14.6 Å². The SMILES string of the molecule is COC(=O)c1ccc2c(c1)CCC2O. The van der Waals surface area contributed by atoms with Gasteiger partial charge in [0.05, 0.1) is 18.8 Å². The van der Waals surface area contributed by atoms with Gasteiger partial charge < -0.3 is 9.84 Å². The fourth-order valence-electron chi connectivity index (χ4n) is 1.84. The molecule has 0 heterocycles. The lowest BCUT2D eigenvalue weighted by molar-refractivity contribution is 0.0600. The van der Waals surface area contributed by atoms with Gasteiger partial charge in [0.1, 0.15) is 0 Å². The molecule has 0 fully saturated rings. The average molecular weight is 192 g/mol. The second kappa shape index (κ2) is 3.42. The summed E-state index contributed by atoms with van der Waals surface area (Å²) in [5, 5.41) is 9.55. The predicted molar refractivity (Wildman–Crippen MR) is 51.1 cm³/mol. The Morgan fingerprint density at radius 2 is 2.36 bits per heavy atom. The van der Waals surface area contributed by atoms with E-state index >= 15 is 0 Å². The third kappa shape index (κ3) is 1.40. The van der Waals surface area contributed by atoms with Crippen molar-refractivity contribution in [2.45, 2.75) is 18.9 Å². The normalized spacial score (nSPS) is 19.1. The van der Waals surface area contributed by atoms with Crippen LogP contribution < -0.4 is 0 Å². The number of benzene rings is 1. The van der Waals surface area contributed by atoms with Crippen molar-refractivity contribution in [2.75, 3.05) is 7.11 Å². The molecule has 0 saturated carbocycles. The van der Waals surface area contributed by atoms with Crippen LogP contribution in [0.3, 0.4) is 0 Å². The molecule has 1 aromatic rings. The van der Waals surface area contributed by atoms with E-state index < -0.39 is 0 Å². The number of aliphatic hydroxyl groups is 1. The Bertz CT molecular complexity index is 371. The van der Waals surface area contributed by atoms with Crippen molar-refractivity contribution in [1.29, 1.82) is 0 Å². The van der Waals surface area contributed by atoms with Gasteiger partial charge in [-0.25, -0.2) is 4.79 Å². The second-order valence-electron chi connectivity index (χ2n) is 3.46. The molecule has 0 radical (unpaired) electrons. The predicted octanol–water partition coefficient (Wildman–Crippen LogP) is 1.45. The zero-order valence-electron chi connectivity index (χ0n) is 7.99. The van der Waals surface area contributed by atoms with Crippen molar-refractivity contribution in [3.8, 4) is 0 Å². The number of hydrogen-bond donors (Lipinski definition) is 1. The zero-order valence-corrected chi connectivity index (χ0v) is 7.99. The summed E-state index contributed by atoms with van der Waals surface area (Å²) in [6.07, 6.45) is 1.22. The van der Waals surface area contributed by atoms with Crippen molar-refractivity contribution >= 4 is 5.97 Å². The van der Waals surface area contributed by atoms with Gasteiger partial charge in [-0.1, -0.05) is 6.07 Å². The number of rotatable bonds is 1. The number of esters is 1. The number of fused-ring (bicyclic) bond motifs is 1. The van der Waals surface area contributed by atoms with Crippen molar-refractivity contribution in [3.05, 3.63) is 34.9 Å². The van der Waals surface area contributed by atoms with Crippen LogP contribution in [0.25, 0.3) is 0 Å². The Morgan fingerprint density at radius 3 is 3.07 bits per heavy atom. The van der Waals surface area contributed by atoms with Gasteiger partial charge in [-0.3, -0.25) is 0 Å². The summed E-state index contributed by atoms with van der Waals surface area (Å²) in [7, 11) is 1.37. The van der Waals surface area contributed by atoms with E-state index in [9.17, 15) is 9.90 Å². The van der Waals surface area contributed by atoms with E-state index in [4.69, 9.17) is 0 Å². The quantitative estimate of drug-likeness (QED) is 0.685. The fraction of sp³-hybridized carbons (Fsp3) is 0.364. The summed E-state index contributed by atoms with van der Waals surface area (Å²) >= 11 is 0. The smallest absolute Gasteiger partial charge is 0.337 e. The van der Waals surface area contributed by atoms with Crippen LogP contribution in [-0.2, 0) is 11.2 Å². The summed E-state index contributed by atoms with van der Waals surface area (Å²) in [5.74, 6) is -0.325. The highest BCUT2D eigenvalue weighted by molar-refractivity contribution is 5.89. The van der Waals surface area contributed by atoms with Crippen LogP contribution in [-0.4, -0.2) is 18.2 Å². The van der Waals surface area contributed by atoms with Gasteiger partial charge in [-0.2, -0.15) is 0 Å². The summed E-state index contributed by atoms with van der Waals surface area (Å²) < 4.78 is 4.62. The minimum absolute atomic E-state index is 0.325. The highest BCUT2D eigenvalue weighted by atomic mass is 16.5. The molecule has 1 aliphatic rings. The lowest BCUT2D eigenvalue weighted by Gasteiger charge is -2.05. The molecule has 0 bridgehead atoms. The van der Waals surface area contributed by atoms with E-state index in [0.29, 0.717) is 5.56 Å². The average Bonchev–Trinajstić information content (AvgIpc) is 2.59. The first kappa shape index (κ1) is 9.21. The molecule has 0 aromatic heterocycles. The minimum Gasteiger partial charge on any atom is -0.465 e. The summed E-state index contributed by atoms with van der Waals surface area (Å²) in [4.78, 5) is 11.2. The number of carbonyl (C=O) groups is 1. The van der Waals surface area contributed by atoms with Gasteiger partial charge in [0.15, 0.2) is 0 Å². The summed E-state index contributed by atoms with van der Waals surface area (Å²) in [5.41, 5.74) is 2.55. The van der Waals surface area contributed by atoms with Crippen molar-refractivity contribution in [3.63, 3.8) is 0 Å². The topological polar surface area (TPSA) is 46.5 Å². The van der Waals surface area contributed by atoms with Crippen molar-refractivity contribution in [1.82, 2.24) is 0 Å². The molecule has 14 heavy (non-hydrogen) atoms. The third-order valence-corrected chi connectivity index (χ3v) is 2.61. The van der Waals surface area contributed by atoms with Gasteiger partial charge >= 0.3 is 5.97 Å². The van der Waals surface area contributed by atoms with Crippen LogP contribution in [0.5, 0.6) is 0 Å². The van der Waals surface area contributed by atoms with Gasteiger partial charge in [-0.05, 0) is 36.1 Å². The number of ether oxygens (including phenoxy) is 1.